The van der Waals surface area contributed by atoms with Crippen LogP contribution in [0.1, 0.15) is 38.5 Å². The lowest BCUT2D eigenvalue weighted by Crippen LogP contribution is -2.50. The van der Waals surface area contributed by atoms with Crippen molar-refractivity contribution >= 4 is 23.4 Å². The molecule has 0 radical (unpaired) electrons. The van der Waals surface area contributed by atoms with Crippen molar-refractivity contribution in [3.05, 3.63) is 22.4 Å². The van der Waals surface area contributed by atoms with Gasteiger partial charge in [-0.25, -0.2) is 4.79 Å². The van der Waals surface area contributed by atoms with E-state index in [9.17, 15) is 4.79 Å². The molecule has 1 aromatic rings. The van der Waals surface area contributed by atoms with Crippen LogP contribution in [0.2, 0.25) is 0 Å². The van der Waals surface area contributed by atoms with E-state index in [1.54, 1.807) is 4.90 Å². The molecule has 0 bridgehead atoms. The number of likely N-dealkylation sites (tertiary alicyclic amines) is 1. The summed E-state index contributed by atoms with van der Waals surface area (Å²) in [5.41, 5.74) is 0. The first-order chi connectivity index (χ1) is 12.6. The molecule has 1 amide bonds. The van der Waals surface area contributed by atoms with Crippen molar-refractivity contribution in [1.82, 2.24) is 15.5 Å². The van der Waals surface area contributed by atoms with Crippen LogP contribution in [0.15, 0.2) is 22.5 Å². The third kappa shape index (κ3) is 6.86. The Morgan fingerprint density at radius 1 is 1.42 bits per heavy atom. The van der Waals surface area contributed by atoms with Gasteiger partial charge in [0.2, 0.25) is 0 Å². The highest BCUT2D eigenvalue weighted by molar-refractivity contribution is 7.09. The van der Waals surface area contributed by atoms with E-state index in [1.807, 2.05) is 18.3 Å². The Morgan fingerprint density at radius 2 is 2.19 bits per heavy atom. The zero-order valence-electron chi connectivity index (χ0n) is 16.2. The predicted molar refractivity (Wildman–Crippen MR) is 108 cm³/mol. The Balaban J connectivity index is 1.79. The van der Waals surface area contributed by atoms with E-state index >= 15 is 0 Å². The minimum Gasteiger partial charge on any atom is -0.450 e. The molecule has 6 nitrogen and oxygen atoms in total. The fraction of sp³-hybridized carbons (Fsp3) is 0.684. The van der Waals surface area contributed by atoms with Crippen molar-refractivity contribution in [2.75, 3.05) is 32.8 Å². The van der Waals surface area contributed by atoms with Crippen molar-refractivity contribution < 1.29 is 9.53 Å². The maximum absolute atomic E-state index is 11.8. The zero-order valence-corrected chi connectivity index (χ0v) is 17.0. The van der Waals surface area contributed by atoms with E-state index in [0.717, 1.165) is 51.4 Å². The summed E-state index contributed by atoms with van der Waals surface area (Å²) in [4.78, 5) is 19.8. The molecule has 26 heavy (non-hydrogen) atoms. The summed E-state index contributed by atoms with van der Waals surface area (Å²) in [7, 11) is 0. The standard InChI is InChI=1S/C19H32N4O2S/c1-4-20-18(21-14-15(3)13-17-7-6-12-26-17)22-16-8-10-23(11-9-16)19(24)25-5-2/h6-7,12,15-16H,4-5,8-11,13-14H2,1-3H3,(H2,20,21,22). The summed E-state index contributed by atoms with van der Waals surface area (Å²) in [6, 6.07) is 4.63. The Labute approximate surface area is 161 Å². The second kappa shape index (κ2) is 11.1. The van der Waals surface area contributed by atoms with Gasteiger partial charge in [0.1, 0.15) is 0 Å². The molecule has 0 aliphatic carbocycles. The number of piperidine rings is 1. The highest BCUT2D eigenvalue weighted by atomic mass is 32.1. The first-order valence-electron chi connectivity index (χ1n) is 9.61. The van der Waals surface area contributed by atoms with Gasteiger partial charge in [-0.15, -0.1) is 11.3 Å². The van der Waals surface area contributed by atoms with Gasteiger partial charge in [-0.05, 0) is 50.5 Å². The normalized spacial score (nSPS) is 17.0. The SMILES string of the molecule is CCNC(=NCC(C)Cc1cccs1)NC1CCN(C(=O)OCC)CC1. The lowest BCUT2D eigenvalue weighted by atomic mass is 10.1. The zero-order chi connectivity index (χ0) is 18.8. The monoisotopic (exact) mass is 380 g/mol. The van der Waals surface area contributed by atoms with Crippen LogP contribution in [0, 0.1) is 5.92 Å². The highest BCUT2D eigenvalue weighted by Gasteiger charge is 2.24. The van der Waals surface area contributed by atoms with Gasteiger partial charge in [0.05, 0.1) is 6.61 Å². The van der Waals surface area contributed by atoms with E-state index in [4.69, 9.17) is 9.73 Å². The maximum atomic E-state index is 11.8. The Kier molecular flexibility index (Phi) is 8.74. The molecule has 1 aliphatic rings. The number of aliphatic imine (C=N–C) groups is 1. The van der Waals surface area contributed by atoms with E-state index in [1.165, 1.54) is 4.88 Å². The molecule has 2 N–H and O–H groups in total. The Morgan fingerprint density at radius 3 is 2.81 bits per heavy atom. The van der Waals surface area contributed by atoms with Crippen molar-refractivity contribution in [3.8, 4) is 0 Å². The largest absolute Gasteiger partial charge is 0.450 e. The molecule has 1 fully saturated rings. The second-order valence-electron chi connectivity index (χ2n) is 6.71. The first-order valence-corrected chi connectivity index (χ1v) is 10.5. The molecule has 0 saturated carbocycles. The average molecular weight is 381 g/mol. The van der Waals surface area contributed by atoms with Crippen molar-refractivity contribution in [1.29, 1.82) is 0 Å². The molecule has 7 heteroatoms. The Bertz CT molecular complexity index is 554. The number of nitrogens with zero attached hydrogens (tertiary/aromatic N) is 2. The van der Waals surface area contributed by atoms with Crippen LogP contribution < -0.4 is 10.6 Å². The molecular formula is C19H32N4O2S. The molecule has 1 aromatic heterocycles. The number of nitrogens with one attached hydrogen (secondary N) is 2. The van der Waals surface area contributed by atoms with Crippen molar-refractivity contribution in [2.45, 2.75) is 46.1 Å². The number of carbonyl (C=O) groups excluding carboxylic acids is 1. The molecule has 0 spiro atoms. The topological polar surface area (TPSA) is 66.0 Å². The quantitative estimate of drug-likeness (QED) is 0.563. The number of thiophene rings is 1. The second-order valence-corrected chi connectivity index (χ2v) is 7.75. The number of ether oxygens (including phenoxy) is 1. The van der Waals surface area contributed by atoms with E-state index in [2.05, 4.69) is 42.0 Å². The van der Waals surface area contributed by atoms with Gasteiger partial charge in [0.15, 0.2) is 5.96 Å². The summed E-state index contributed by atoms with van der Waals surface area (Å²) < 4.78 is 5.08. The number of carbonyl (C=O) groups is 1. The van der Waals surface area contributed by atoms with Crippen LogP contribution in [-0.2, 0) is 11.2 Å². The highest BCUT2D eigenvalue weighted by Crippen LogP contribution is 2.15. The third-order valence-electron chi connectivity index (χ3n) is 4.40. The summed E-state index contributed by atoms with van der Waals surface area (Å²) in [6.07, 6.45) is 2.69. The summed E-state index contributed by atoms with van der Waals surface area (Å²) in [6.45, 7) is 9.68. The third-order valence-corrected chi connectivity index (χ3v) is 5.30. The van der Waals surface area contributed by atoms with Gasteiger partial charge in [0, 0.05) is 37.1 Å². The number of hydrogen-bond donors (Lipinski definition) is 2. The summed E-state index contributed by atoms with van der Waals surface area (Å²) in [5, 5.41) is 8.98. The number of hydrogen-bond acceptors (Lipinski definition) is 4. The molecular weight excluding hydrogens is 348 g/mol. The van der Waals surface area contributed by atoms with Crippen LogP contribution in [0.3, 0.4) is 0 Å². The fourth-order valence-corrected chi connectivity index (χ4v) is 3.89. The lowest BCUT2D eigenvalue weighted by molar-refractivity contribution is 0.0963. The molecule has 0 aromatic carbocycles. The Hall–Kier alpha value is -1.76. The van der Waals surface area contributed by atoms with Gasteiger partial charge in [0.25, 0.3) is 0 Å². The molecule has 2 heterocycles. The van der Waals surface area contributed by atoms with Gasteiger partial charge < -0.3 is 20.3 Å². The van der Waals surface area contributed by atoms with Crippen molar-refractivity contribution in [3.63, 3.8) is 0 Å². The molecule has 1 unspecified atom stereocenters. The van der Waals surface area contributed by atoms with Crippen LogP contribution in [0.4, 0.5) is 4.79 Å². The minimum absolute atomic E-state index is 0.200. The summed E-state index contributed by atoms with van der Waals surface area (Å²) in [5.74, 6) is 1.38. The maximum Gasteiger partial charge on any atom is 0.409 e. The van der Waals surface area contributed by atoms with Crippen LogP contribution >= 0.6 is 11.3 Å². The van der Waals surface area contributed by atoms with Gasteiger partial charge in [-0.3, -0.25) is 4.99 Å². The first kappa shape index (κ1) is 20.6. The molecule has 2 rings (SSSR count). The summed E-state index contributed by atoms with van der Waals surface area (Å²) >= 11 is 1.81. The van der Waals surface area contributed by atoms with Gasteiger partial charge in [-0.2, -0.15) is 0 Å². The van der Waals surface area contributed by atoms with Gasteiger partial charge >= 0.3 is 6.09 Å². The molecule has 1 atom stereocenters. The molecule has 146 valence electrons. The van der Waals surface area contributed by atoms with E-state index < -0.39 is 0 Å². The van der Waals surface area contributed by atoms with Crippen molar-refractivity contribution in [2.24, 2.45) is 10.9 Å². The predicted octanol–water partition coefficient (Wildman–Crippen LogP) is 3.10. The van der Waals surface area contributed by atoms with Gasteiger partial charge in [-0.1, -0.05) is 13.0 Å². The van der Waals surface area contributed by atoms with E-state index in [-0.39, 0.29) is 6.09 Å². The number of rotatable bonds is 7. The van der Waals surface area contributed by atoms with Crippen LogP contribution in [0.25, 0.3) is 0 Å². The lowest BCUT2D eigenvalue weighted by Gasteiger charge is -2.32. The minimum atomic E-state index is -0.200. The molecule has 1 saturated heterocycles. The van der Waals surface area contributed by atoms with Crippen LogP contribution in [-0.4, -0.2) is 55.8 Å². The molecule has 1 aliphatic heterocycles. The van der Waals surface area contributed by atoms with E-state index in [0.29, 0.717) is 18.6 Å². The smallest absolute Gasteiger partial charge is 0.409 e. The number of guanidine groups is 1. The average Bonchev–Trinajstić information content (AvgIpc) is 3.13. The number of amides is 1. The fourth-order valence-electron chi connectivity index (χ4n) is 3.02. The van der Waals surface area contributed by atoms with Crippen LogP contribution in [0.5, 0.6) is 0 Å².